The summed E-state index contributed by atoms with van der Waals surface area (Å²) in [6, 6.07) is 3.05. The zero-order valence-corrected chi connectivity index (χ0v) is 12.5. The Morgan fingerprint density at radius 2 is 2.00 bits per heavy atom. The van der Waals surface area contributed by atoms with Gasteiger partial charge < -0.3 is 21.1 Å². The minimum absolute atomic E-state index is 0.0589. The summed E-state index contributed by atoms with van der Waals surface area (Å²) < 4.78 is 0. The number of anilines is 1. The van der Waals surface area contributed by atoms with Gasteiger partial charge in [0, 0.05) is 19.0 Å². The van der Waals surface area contributed by atoms with E-state index in [9.17, 15) is 14.4 Å². The molecule has 1 aromatic heterocycles. The van der Waals surface area contributed by atoms with E-state index in [1.807, 2.05) is 0 Å². The van der Waals surface area contributed by atoms with Crippen LogP contribution < -0.4 is 11.1 Å². The second-order valence-corrected chi connectivity index (χ2v) is 6.17. The van der Waals surface area contributed by atoms with Crippen LogP contribution in [0.1, 0.15) is 29.8 Å². The number of amides is 3. The van der Waals surface area contributed by atoms with E-state index in [2.05, 4.69) is 10.3 Å². The van der Waals surface area contributed by atoms with Crippen molar-refractivity contribution in [2.45, 2.75) is 19.3 Å². The topological polar surface area (TPSA) is 126 Å². The zero-order valence-electron chi connectivity index (χ0n) is 12.5. The molecule has 1 saturated carbocycles. The van der Waals surface area contributed by atoms with E-state index in [0.29, 0.717) is 18.8 Å². The molecule has 1 saturated heterocycles. The Bertz CT molecular complexity index is 650. The quantitative estimate of drug-likeness (QED) is 0.763. The van der Waals surface area contributed by atoms with Crippen LogP contribution in [0.4, 0.5) is 10.5 Å². The fourth-order valence-corrected chi connectivity index (χ4v) is 3.26. The summed E-state index contributed by atoms with van der Waals surface area (Å²) in [6.07, 6.45) is 2.73. The first-order valence-electron chi connectivity index (χ1n) is 7.46. The van der Waals surface area contributed by atoms with E-state index < -0.39 is 12.0 Å². The van der Waals surface area contributed by atoms with Crippen LogP contribution in [0.3, 0.4) is 0 Å². The molecule has 1 aliphatic carbocycles. The number of aromatic nitrogens is 1. The number of carboxylic acid groups (broad SMARTS) is 1. The fraction of sp³-hybridized carbons (Fsp3) is 0.467. The maximum atomic E-state index is 12.3. The molecule has 0 bridgehead atoms. The van der Waals surface area contributed by atoms with Crippen molar-refractivity contribution in [3.63, 3.8) is 0 Å². The van der Waals surface area contributed by atoms with Crippen molar-refractivity contribution in [3.8, 4) is 0 Å². The largest absolute Gasteiger partial charge is 0.465 e. The van der Waals surface area contributed by atoms with Crippen molar-refractivity contribution in [3.05, 3.63) is 24.0 Å². The fourth-order valence-electron chi connectivity index (χ4n) is 3.26. The van der Waals surface area contributed by atoms with Crippen LogP contribution >= 0.6 is 0 Å². The van der Waals surface area contributed by atoms with Gasteiger partial charge in [-0.2, -0.15) is 0 Å². The Kier molecular flexibility index (Phi) is 3.67. The first-order chi connectivity index (χ1) is 10.9. The lowest BCUT2D eigenvalue weighted by molar-refractivity contribution is -0.118. The van der Waals surface area contributed by atoms with E-state index in [4.69, 9.17) is 10.8 Å². The Labute approximate surface area is 132 Å². The van der Waals surface area contributed by atoms with Gasteiger partial charge in [-0.05, 0) is 36.8 Å². The number of likely N-dealkylation sites (tertiary alicyclic amines) is 1. The number of carbonyl (C=O) groups excluding carboxylic acids is 2. The highest BCUT2D eigenvalue weighted by atomic mass is 16.4. The molecule has 2 fully saturated rings. The van der Waals surface area contributed by atoms with E-state index in [1.165, 1.54) is 17.2 Å². The predicted molar refractivity (Wildman–Crippen MR) is 80.8 cm³/mol. The number of pyridine rings is 1. The number of hydrogen-bond acceptors (Lipinski definition) is 4. The molecule has 2 heterocycles. The smallest absolute Gasteiger partial charge is 0.407 e. The molecular formula is C15H18N4O4. The lowest BCUT2D eigenvalue weighted by Gasteiger charge is -2.30. The summed E-state index contributed by atoms with van der Waals surface area (Å²) in [5.74, 6) is -0.786. The van der Waals surface area contributed by atoms with Gasteiger partial charge in [0.05, 0.1) is 11.9 Å². The molecule has 2 aliphatic rings. The van der Waals surface area contributed by atoms with Crippen LogP contribution in [0.15, 0.2) is 18.3 Å². The molecule has 3 amide bonds. The molecule has 1 spiro atoms. The number of nitrogens with two attached hydrogens (primary N) is 1. The van der Waals surface area contributed by atoms with Gasteiger partial charge in [-0.1, -0.05) is 0 Å². The first kappa shape index (κ1) is 15.3. The molecule has 0 aromatic carbocycles. The predicted octanol–water partition coefficient (Wildman–Crippen LogP) is 0.899. The third-order valence-electron chi connectivity index (χ3n) is 4.82. The normalized spacial score (nSPS) is 21.7. The van der Waals surface area contributed by atoms with Crippen LogP contribution in [0.2, 0.25) is 0 Å². The van der Waals surface area contributed by atoms with E-state index in [-0.39, 0.29) is 22.9 Å². The van der Waals surface area contributed by atoms with Crippen LogP contribution in [-0.4, -0.2) is 46.0 Å². The Morgan fingerprint density at radius 3 is 2.52 bits per heavy atom. The number of nitrogens with zero attached hydrogens (tertiary/aromatic N) is 2. The maximum absolute atomic E-state index is 12.3. The highest BCUT2D eigenvalue weighted by molar-refractivity contribution is 5.95. The molecular weight excluding hydrogens is 300 g/mol. The van der Waals surface area contributed by atoms with Gasteiger partial charge in [-0.25, -0.2) is 9.78 Å². The monoisotopic (exact) mass is 318 g/mol. The Balaban J connectivity index is 1.56. The molecule has 1 atom stereocenters. The lowest BCUT2D eigenvalue weighted by Crippen LogP contribution is -2.39. The van der Waals surface area contributed by atoms with E-state index in [0.717, 1.165) is 19.3 Å². The van der Waals surface area contributed by atoms with Gasteiger partial charge in [0.25, 0.3) is 5.91 Å². The van der Waals surface area contributed by atoms with Crippen LogP contribution in [0, 0.1) is 11.3 Å². The van der Waals surface area contributed by atoms with Crippen molar-refractivity contribution in [1.82, 2.24) is 9.88 Å². The highest BCUT2D eigenvalue weighted by Crippen LogP contribution is 2.59. The van der Waals surface area contributed by atoms with Gasteiger partial charge in [0.1, 0.15) is 5.69 Å². The molecule has 3 rings (SSSR count). The molecule has 8 nitrogen and oxygen atoms in total. The molecule has 1 aromatic rings. The third-order valence-corrected chi connectivity index (χ3v) is 4.82. The summed E-state index contributed by atoms with van der Waals surface area (Å²) in [7, 11) is 0. The molecule has 0 radical (unpaired) electrons. The highest BCUT2D eigenvalue weighted by Gasteiger charge is 2.58. The molecule has 23 heavy (non-hydrogen) atoms. The van der Waals surface area contributed by atoms with E-state index >= 15 is 0 Å². The minimum Gasteiger partial charge on any atom is -0.465 e. The molecule has 1 unspecified atom stereocenters. The SMILES string of the molecule is NC(=O)c1ccc(NC(=O)C2CC23CCN(C(=O)O)CC3)cn1. The summed E-state index contributed by atoms with van der Waals surface area (Å²) >= 11 is 0. The summed E-state index contributed by atoms with van der Waals surface area (Å²) in [6.45, 7) is 0.960. The standard InChI is InChI=1S/C15H18N4O4/c16-12(20)11-2-1-9(8-17-11)18-13(21)10-7-15(10)3-5-19(6-4-15)14(22)23/h1-2,8,10H,3-7H2,(H2,16,20)(H,18,21)(H,22,23). The summed E-state index contributed by atoms with van der Waals surface area (Å²) in [5, 5.41) is 11.8. The van der Waals surface area contributed by atoms with Gasteiger partial charge in [-0.15, -0.1) is 0 Å². The van der Waals surface area contributed by atoms with Crippen molar-refractivity contribution in [1.29, 1.82) is 0 Å². The maximum Gasteiger partial charge on any atom is 0.407 e. The summed E-state index contributed by atoms with van der Waals surface area (Å²) in [4.78, 5) is 39.5. The van der Waals surface area contributed by atoms with Gasteiger partial charge >= 0.3 is 6.09 Å². The van der Waals surface area contributed by atoms with Crippen LogP contribution in [0.5, 0.6) is 0 Å². The second-order valence-electron chi connectivity index (χ2n) is 6.17. The van der Waals surface area contributed by atoms with Crippen molar-refractivity contribution in [2.24, 2.45) is 17.1 Å². The minimum atomic E-state index is -0.901. The third kappa shape index (κ3) is 2.96. The zero-order chi connectivity index (χ0) is 16.6. The number of hydrogen-bond donors (Lipinski definition) is 3. The molecule has 122 valence electrons. The number of carbonyl (C=O) groups is 3. The Hall–Kier alpha value is -2.64. The Morgan fingerprint density at radius 1 is 1.30 bits per heavy atom. The molecule has 4 N–H and O–H groups in total. The number of rotatable bonds is 3. The van der Waals surface area contributed by atoms with Gasteiger partial charge in [0.2, 0.25) is 5.91 Å². The van der Waals surface area contributed by atoms with Crippen molar-refractivity contribution >= 4 is 23.6 Å². The molecule has 1 aliphatic heterocycles. The van der Waals surface area contributed by atoms with Gasteiger partial charge in [-0.3, -0.25) is 9.59 Å². The average molecular weight is 318 g/mol. The summed E-state index contributed by atoms with van der Waals surface area (Å²) in [5.41, 5.74) is 5.72. The van der Waals surface area contributed by atoms with E-state index in [1.54, 1.807) is 6.07 Å². The second kappa shape index (κ2) is 5.53. The van der Waals surface area contributed by atoms with Crippen molar-refractivity contribution in [2.75, 3.05) is 18.4 Å². The number of nitrogens with one attached hydrogen (secondary N) is 1. The number of piperidine rings is 1. The average Bonchev–Trinajstić information content (AvgIpc) is 3.22. The van der Waals surface area contributed by atoms with Crippen LogP contribution in [0.25, 0.3) is 0 Å². The number of primary amides is 1. The molecule has 8 heteroatoms. The lowest BCUT2D eigenvalue weighted by atomic mass is 9.91. The first-order valence-corrected chi connectivity index (χ1v) is 7.46. The van der Waals surface area contributed by atoms with Crippen molar-refractivity contribution < 1.29 is 19.5 Å². The van der Waals surface area contributed by atoms with Gasteiger partial charge in [0.15, 0.2) is 0 Å². The van der Waals surface area contributed by atoms with Crippen LogP contribution in [-0.2, 0) is 4.79 Å².